The summed E-state index contributed by atoms with van der Waals surface area (Å²) >= 11 is 5.88. The minimum atomic E-state index is -3.70. The summed E-state index contributed by atoms with van der Waals surface area (Å²) in [5.74, 6) is 0.0377. The van der Waals surface area contributed by atoms with Crippen molar-refractivity contribution < 1.29 is 17.7 Å². The van der Waals surface area contributed by atoms with Gasteiger partial charge in [-0.3, -0.25) is 4.79 Å². The molecule has 0 bridgehead atoms. The Bertz CT molecular complexity index is 1280. The molecule has 0 radical (unpaired) electrons. The van der Waals surface area contributed by atoms with Crippen LogP contribution in [0.4, 0.5) is 0 Å². The molecule has 1 aliphatic rings. The van der Waals surface area contributed by atoms with Gasteiger partial charge in [0, 0.05) is 23.7 Å². The number of carbonyl (C=O) groups excluding carboxylic acids is 1. The van der Waals surface area contributed by atoms with Gasteiger partial charge in [-0.1, -0.05) is 61.8 Å². The highest BCUT2D eigenvalue weighted by molar-refractivity contribution is 7.89. The van der Waals surface area contributed by atoms with Gasteiger partial charge in [-0.25, -0.2) is 8.42 Å². The van der Waals surface area contributed by atoms with Crippen molar-refractivity contribution in [2.45, 2.75) is 50.5 Å². The molecular weight excluding hydrogens is 488 g/mol. The first kappa shape index (κ1) is 25.3. The van der Waals surface area contributed by atoms with Crippen molar-refractivity contribution in [3.63, 3.8) is 0 Å². The van der Waals surface area contributed by atoms with Gasteiger partial charge in [-0.15, -0.1) is 0 Å². The van der Waals surface area contributed by atoms with E-state index in [1.54, 1.807) is 12.1 Å². The lowest BCUT2D eigenvalue weighted by molar-refractivity contribution is -0.126. The number of amides is 1. The number of hydrogen-bond acceptors (Lipinski definition) is 6. The summed E-state index contributed by atoms with van der Waals surface area (Å²) in [4.78, 5) is 17.3. The molecule has 1 unspecified atom stereocenters. The number of rotatable bonds is 6. The van der Waals surface area contributed by atoms with Crippen LogP contribution in [-0.4, -0.2) is 41.9 Å². The van der Waals surface area contributed by atoms with Gasteiger partial charge in [0.25, 0.3) is 0 Å². The van der Waals surface area contributed by atoms with Crippen LogP contribution in [0.25, 0.3) is 11.4 Å². The van der Waals surface area contributed by atoms with Crippen LogP contribution in [0.2, 0.25) is 5.02 Å². The quantitative estimate of drug-likeness (QED) is 0.520. The van der Waals surface area contributed by atoms with E-state index in [2.05, 4.69) is 36.2 Å². The summed E-state index contributed by atoms with van der Waals surface area (Å²) in [7, 11) is -3.70. The average Bonchev–Trinajstić information content (AvgIpc) is 3.31. The molecule has 4 rings (SSSR count). The maximum atomic E-state index is 13.0. The molecule has 1 aromatic heterocycles. The van der Waals surface area contributed by atoms with Crippen LogP contribution in [0.1, 0.15) is 45.1 Å². The van der Waals surface area contributed by atoms with Crippen LogP contribution < -0.4 is 5.32 Å². The molecule has 1 amide bonds. The molecule has 2 heterocycles. The summed E-state index contributed by atoms with van der Waals surface area (Å²) in [5.41, 5.74) is 2.08. The van der Waals surface area contributed by atoms with Crippen molar-refractivity contribution >= 4 is 27.5 Å². The van der Waals surface area contributed by atoms with E-state index in [0.717, 1.165) is 5.56 Å². The molecule has 1 N–H and O–H groups in total. The molecule has 1 saturated heterocycles. The molecule has 0 saturated carbocycles. The lowest BCUT2D eigenvalue weighted by Gasteiger charge is -2.31. The van der Waals surface area contributed by atoms with Crippen LogP contribution >= 0.6 is 11.6 Å². The van der Waals surface area contributed by atoms with Gasteiger partial charge in [-0.2, -0.15) is 9.29 Å². The number of halogens is 1. The van der Waals surface area contributed by atoms with Gasteiger partial charge < -0.3 is 9.84 Å². The topological polar surface area (TPSA) is 105 Å². The summed E-state index contributed by atoms with van der Waals surface area (Å²) in [6, 6.07) is 14.0. The second kappa shape index (κ2) is 10.1. The standard InChI is InChI=1S/C25H29ClN4O4S/c1-25(2,3)19-8-6-17(7-9-19)23-28-22(34-29-23)15-27-24(31)18-5-4-14-30(16-18)35(32,33)21-12-10-20(26)11-13-21/h6-13,18H,4-5,14-16H2,1-3H3,(H,27,31). The Labute approximate surface area is 210 Å². The van der Waals surface area contributed by atoms with Crippen LogP contribution in [0, 0.1) is 5.92 Å². The number of nitrogens with zero attached hydrogens (tertiary/aromatic N) is 3. The number of piperidine rings is 1. The Balaban J connectivity index is 1.36. The molecule has 2 aromatic carbocycles. The highest BCUT2D eigenvalue weighted by Gasteiger charge is 2.33. The van der Waals surface area contributed by atoms with E-state index in [-0.39, 0.29) is 35.2 Å². The van der Waals surface area contributed by atoms with Crippen LogP contribution in [0.3, 0.4) is 0 Å². The molecule has 3 aromatic rings. The molecule has 10 heteroatoms. The van der Waals surface area contributed by atoms with E-state index in [4.69, 9.17) is 16.1 Å². The van der Waals surface area contributed by atoms with Gasteiger partial charge in [-0.05, 0) is 48.1 Å². The van der Waals surface area contributed by atoms with Crippen molar-refractivity contribution in [3.05, 3.63) is 65.0 Å². The molecule has 1 atom stereocenters. The summed E-state index contributed by atoms with van der Waals surface area (Å²) in [5, 5.41) is 7.29. The molecule has 0 spiro atoms. The highest BCUT2D eigenvalue weighted by Crippen LogP contribution is 2.26. The second-order valence-corrected chi connectivity index (χ2v) is 12.1. The zero-order valence-electron chi connectivity index (χ0n) is 20.0. The van der Waals surface area contributed by atoms with Gasteiger partial charge >= 0.3 is 0 Å². The molecule has 35 heavy (non-hydrogen) atoms. The third kappa shape index (κ3) is 5.91. The Morgan fingerprint density at radius 3 is 2.49 bits per heavy atom. The molecule has 1 aliphatic heterocycles. The fraction of sp³-hybridized carbons (Fsp3) is 0.400. The zero-order valence-corrected chi connectivity index (χ0v) is 21.6. The molecule has 186 valence electrons. The van der Waals surface area contributed by atoms with Crippen molar-refractivity contribution in [2.24, 2.45) is 5.92 Å². The smallest absolute Gasteiger partial charge is 0.246 e. The maximum Gasteiger partial charge on any atom is 0.246 e. The van der Waals surface area contributed by atoms with E-state index in [9.17, 15) is 13.2 Å². The predicted octanol–water partition coefficient (Wildman–Crippen LogP) is 4.40. The molecule has 1 fully saturated rings. The van der Waals surface area contributed by atoms with E-state index in [1.165, 1.54) is 22.0 Å². The van der Waals surface area contributed by atoms with E-state index in [1.807, 2.05) is 24.3 Å². The molecular formula is C25H29ClN4O4S. The second-order valence-electron chi connectivity index (χ2n) is 9.71. The molecule has 0 aliphatic carbocycles. The lowest BCUT2D eigenvalue weighted by Crippen LogP contribution is -2.45. The van der Waals surface area contributed by atoms with Crippen LogP contribution in [0.5, 0.6) is 0 Å². The first-order valence-electron chi connectivity index (χ1n) is 11.5. The Kier molecular flexibility index (Phi) is 7.30. The van der Waals surface area contributed by atoms with Gasteiger partial charge in [0.2, 0.25) is 27.6 Å². The third-order valence-corrected chi connectivity index (χ3v) is 8.23. The fourth-order valence-corrected chi connectivity index (χ4v) is 5.65. The minimum absolute atomic E-state index is 0.0497. The number of nitrogens with one attached hydrogen (secondary N) is 1. The van der Waals surface area contributed by atoms with E-state index in [0.29, 0.717) is 30.2 Å². The number of sulfonamides is 1. The summed E-state index contributed by atoms with van der Waals surface area (Å²) in [6.45, 7) is 7.01. The Morgan fingerprint density at radius 2 is 1.83 bits per heavy atom. The van der Waals surface area contributed by atoms with Crippen molar-refractivity contribution in [2.75, 3.05) is 13.1 Å². The number of hydrogen-bond donors (Lipinski definition) is 1. The van der Waals surface area contributed by atoms with Gasteiger partial charge in [0.15, 0.2) is 0 Å². The number of aromatic nitrogens is 2. The van der Waals surface area contributed by atoms with E-state index >= 15 is 0 Å². The van der Waals surface area contributed by atoms with Gasteiger partial charge in [0.05, 0.1) is 17.4 Å². The summed E-state index contributed by atoms with van der Waals surface area (Å²) in [6.07, 6.45) is 1.20. The highest BCUT2D eigenvalue weighted by atomic mass is 35.5. The minimum Gasteiger partial charge on any atom is -0.347 e. The zero-order chi connectivity index (χ0) is 25.2. The molecule has 8 nitrogen and oxygen atoms in total. The van der Waals surface area contributed by atoms with Crippen molar-refractivity contribution in [1.29, 1.82) is 0 Å². The van der Waals surface area contributed by atoms with Crippen LogP contribution in [0.15, 0.2) is 57.9 Å². The van der Waals surface area contributed by atoms with Crippen molar-refractivity contribution in [1.82, 2.24) is 19.8 Å². The third-order valence-electron chi connectivity index (χ3n) is 6.10. The first-order chi connectivity index (χ1) is 16.5. The predicted molar refractivity (Wildman–Crippen MR) is 133 cm³/mol. The average molecular weight is 517 g/mol. The van der Waals surface area contributed by atoms with Crippen molar-refractivity contribution in [3.8, 4) is 11.4 Å². The van der Waals surface area contributed by atoms with E-state index < -0.39 is 15.9 Å². The largest absolute Gasteiger partial charge is 0.347 e. The van der Waals surface area contributed by atoms with Gasteiger partial charge in [0.1, 0.15) is 0 Å². The Morgan fingerprint density at radius 1 is 1.14 bits per heavy atom. The lowest BCUT2D eigenvalue weighted by atomic mass is 9.87. The SMILES string of the molecule is CC(C)(C)c1ccc(-c2noc(CNC(=O)C3CCCN(S(=O)(=O)c4ccc(Cl)cc4)C3)n2)cc1. The number of benzene rings is 2. The summed E-state index contributed by atoms with van der Waals surface area (Å²) < 4.78 is 32.6. The normalized spacial score (nSPS) is 17.3. The monoisotopic (exact) mass is 516 g/mol. The fourth-order valence-electron chi connectivity index (χ4n) is 4.00. The van der Waals surface area contributed by atoms with Crippen LogP contribution in [-0.2, 0) is 26.8 Å². The number of carbonyl (C=O) groups is 1. The Hall–Kier alpha value is -2.75. The first-order valence-corrected chi connectivity index (χ1v) is 13.3. The maximum absolute atomic E-state index is 13.0.